The molecule has 0 aliphatic heterocycles. The van der Waals surface area contributed by atoms with Crippen molar-refractivity contribution < 1.29 is 9.90 Å². The third-order valence-corrected chi connectivity index (χ3v) is 2.54. The number of rotatable bonds is 5. The van der Waals surface area contributed by atoms with E-state index in [4.69, 9.17) is 5.11 Å². The first-order valence-electron chi connectivity index (χ1n) is 5.67. The van der Waals surface area contributed by atoms with Crippen molar-refractivity contribution in [3.63, 3.8) is 0 Å². The van der Waals surface area contributed by atoms with Gasteiger partial charge < -0.3 is 10.4 Å². The van der Waals surface area contributed by atoms with Gasteiger partial charge in [0, 0.05) is 18.3 Å². The maximum atomic E-state index is 11.0. The van der Waals surface area contributed by atoms with E-state index in [9.17, 15) is 4.79 Å². The molecule has 0 saturated heterocycles. The predicted molar refractivity (Wildman–Crippen MR) is 66.1 cm³/mol. The number of hydrogen-bond acceptors (Lipinski definition) is 4. The first-order valence-corrected chi connectivity index (χ1v) is 5.67. The van der Waals surface area contributed by atoms with Gasteiger partial charge in [-0.15, -0.1) is 0 Å². The van der Waals surface area contributed by atoms with E-state index in [1.807, 2.05) is 19.9 Å². The number of anilines is 1. The SMILES string of the molecule is CCc1cc(NCC(C)(C)C(=O)O)nc(C)n1. The normalized spacial score (nSPS) is 11.3. The number of carboxylic acids is 1. The van der Waals surface area contributed by atoms with Gasteiger partial charge in [-0.1, -0.05) is 6.92 Å². The number of nitrogens with zero attached hydrogens (tertiary/aromatic N) is 2. The molecule has 1 rings (SSSR count). The third kappa shape index (κ3) is 3.69. The highest BCUT2D eigenvalue weighted by Crippen LogP contribution is 2.16. The number of hydrogen-bond donors (Lipinski definition) is 2. The van der Waals surface area contributed by atoms with Crippen molar-refractivity contribution in [2.45, 2.75) is 34.1 Å². The number of carbonyl (C=O) groups is 1. The first kappa shape index (κ1) is 13.4. The fraction of sp³-hybridized carbons (Fsp3) is 0.583. The van der Waals surface area contributed by atoms with E-state index in [-0.39, 0.29) is 0 Å². The van der Waals surface area contributed by atoms with Gasteiger partial charge in [-0.25, -0.2) is 9.97 Å². The van der Waals surface area contributed by atoms with Gasteiger partial charge in [-0.05, 0) is 27.2 Å². The smallest absolute Gasteiger partial charge is 0.310 e. The van der Waals surface area contributed by atoms with Crippen LogP contribution in [0.15, 0.2) is 6.07 Å². The number of aliphatic carboxylic acids is 1. The van der Waals surface area contributed by atoms with Crippen LogP contribution in [0, 0.1) is 12.3 Å². The summed E-state index contributed by atoms with van der Waals surface area (Å²) in [4.78, 5) is 19.5. The molecule has 0 fully saturated rings. The highest BCUT2D eigenvalue weighted by atomic mass is 16.4. The van der Waals surface area contributed by atoms with Crippen LogP contribution in [0.25, 0.3) is 0 Å². The summed E-state index contributed by atoms with van der Waals surface area (Å²) in [5.41, 5.74) is 0.138. The Morgan fingerprint density at radius 3 is 2.65 bits per heavy atom. The molecule has 0 spiro atoms. The van der Waals surface area contributed by atoms with E-state index in [0.717, 1.165) is 12.1 Å². The standard InChI is InChI=1S/C12H19N3O2/c1-5-9-6-10(15-8(2)14-9)13-7-12(3,4)11(16)17/h6H,5,7H2,1-4H3,(H,16,17)(H,13,14,15). The second-order valence-corrected chi connectivity index (χ2v) is 4.69. The fourth-order valence-corrected chi connectivity index (χ4v) is 1.29. The molecule has 0 atom stereocenters. The van der Waals surface area contributed by atoms with Gasteiger partial charge in [-0.2, -0.15) is 0 Å². The molecular formula is C12H19N3O2. The number of carboxylic acid groups (broad SMARTS) is 1. The zero-order valence-corrected chi connectivity index (χ0v) is 10.7. The van der Waals surface area contributed by atoms with Gasteiger partial charge in [-0.3, -0.25) is 4.79 Å². The summed E-state index contributed by atoms with van der Waals surface area (Å²) in [5.74, 6) is 0.551. The van der Waals surface area contributed by atoms with Crippen LogP contribution < -0.4 is 5.32 Å². The number of aromatic nitrogens is 2. The molecule has 0 amide bonds. The Hall–Kier alpha value is -1.65. The van der Waals surface area contributed by atoms with Crippen molar-refractivity contribution in [1.29, 1.82) is 0 Å². The van der Waals surface area contributed by atoms with E-state index < -0.39 is 11.4 Å². The Bertz CT molecular complexity index is 416. The van der Waals surface area contributed by atoms with Crippen LogP contribution in [0.4, 0.5) is 5.82 Å². The summed E-state index contributed by atoms with van der Waals surface area (Å²) in [6.07, 6.45) is 0.834. The molecular weight excluding hydrogens is 218 g/mol. The van der Waals surface area contributed by atoms with Crippen molar-refractivity contribution in [3.8, 4) is 0 Å². The summed E-state index contributed by atoms with van der Waals surface area (Å²) in [6.45, 7) is 7.54. The van der Waals surface area contributed by atoms with Crippen LogP contribution in [-0.4, -0.2) is 27.6 Å². The van der Waals surface area contributed by atoms with E-state index in [0.29, 0.717) is 18.2 Å². The highest BCUT2D eigenvalue weighted by Gasteiger charge is 2.26. The van der Waals surface area contributed by atoms with E-state index in [2.05, 4.69) is 15.3 Å². The lowest BCUT2D eigenvalue weighted by molar-refractivity contribution is -0.146. The minimum absolute atomic E-state index is 0.335. The average molecular weight is 237 g/mol. The van der Waals surface area contributed by atoms with Gasteiger partial charge in [0.2, 0.25) is 0 Å². The monoisotopic (exact) mass is 237 g/mol. The van der Waals surface area contributed by atoms with Gasteiger partial charge in [0.25, 0.3) is 0 Å². The van der Waals surface area contributed by atoms with Gasteiger partial charge in [0.15, 0.2) is 0 Å². The Balaban J connectivity index is 2.76. The van der Waals surface area contributed by atoms with Crippen molar-refractivity contribution >= 4 is 11.8 Å². The molecule has 0 bridgehead atoms. The molecule has 94 valence electrons. The molecule has 0 unspecified atom stereocenters. The summed E-state index contributed by atoms with van der Waals surface area (Å²) in [5, 5.41) is 12.1. The molecule has 0 aromatic carbocycles. The number of nitrogens with one attached hydrogen (secondary N) is 1. The van der Waals surface area contributed by atoms with E-state index >= 15 is 0 Å². The van der Waals surface area contributed by atoms with Crippen LogP contribution in [0.2, 0.25) is 0 Å². The zero-order valence-electron chi connectivity index (χ0n) is 10.7. The van der Waals surface area contributed by atoms with Crippen LogP contribution in [-0.2, 0) is 11.2 Å². The van der Waals surface area contributed by atoms with Crippen molar-refractivity contribution in [2.24, 2.45) is 5.41 Å². The lowest BCUT2D eigenvalue weighted by Gasteiger charge is -2.20. The quantitative estimate of drug-likeness (QED) is 0.817. The van der Waals surface area contributed by atoms with E-state index in [1.54, 1.807) is 13.8 Å². The molecule has 2 N–H and O–H groups in total. The second-order valence-electron chi connectivity index (χ2n) is 4.69. The van der Waals surface area contributed by atoms with Crippen LogP contribution >= 0.6 is 0 Å². The third-order valence-electron chi connectivity index (χ3n) is 2.54. The Morgan fingerprint density at radius 2 is 2.12 bits per heavy atom. The summed E-state index contributed by atoms with van der Waals surface area (Å²) in [7, 11) is 0. The van der Waals surface area contributed by atoms with Crippen LogP contribution in [0.5, 0.6) is 0 Å². The lowest BCUT2D eigenvalue weighted by Crippen LogP contribution is -2.32. The van der Waals surface area contributed by atoms with Crippen molar-refractivity contribution in [3.05, 3.63) is 17.6 Å². The maximum Gasteiger partial charge on any atom is 0.310 e. The summed E-state index contributed by atoms with van der Waals surface area (Å²) in [6, 6.07) is 1.85. The zero-order chi connectivity index (χ0) is 13.1. The lowest BCUT2D eigenvalue weighted by atomic mass is 9.94. The van der Waals surface area contributed by atoms with Gasteiger partial charge in [0.1, 0.15) is 11.6 Å². The van der Waals surface area contributed by atoms with Crippen molar-refractivity contribution in [1.82, 2.24) is 9.97 Å². The molecule has 1 heterocycles. The summed E-state index contributed by atoms with van der Waals surface area (Å²) >= 11 is 0. The first-order chi connectivity index (χ1) is 7.85. The molecule has 1 aromatic heterocycles. The largest absolute Gasteiger partial charge is 0.481 e. The van der Waals surface area contributed by atoms with Gasteiger partial charge in [0.05, 0.1) is 5.41 Å². The average Bonchev–Trinajstić information content (AvgIpc) is 2.25. The van der Waals surface area contributed by atoms with Crippen molar-refractivity contribution in [2.75, 3.05) is 11.9 Å². The fourth-order valence-electron chi connectivity index (χ4n) is 1.29. The molecule has 1 aromatic rings. The number of aryl methyl sites for hydroxylation is 2. The maximum absolute atomic E-state index is 11.0. The Labute approximate surface area is 101 Å². The molecule has 0 aliphatic carbocycles. The molecule has 0 saturated carbocycles. The Kier molecular flexibility index (Phi) is 4.04. The molecule has 0 radical (unpaired) electrons. The van der Waals surface area contributed by atoms with Gasteiger partial charge >= 0.3 is 5.97 Å². The molecule has 5 nitrogen and oxygen atoms in total. The van der Waals surface area contributed by atoms with Crippen LogP contribution in [0.1, 0.15) is 32.3 Å². The molecule has 5 heteroatoms. The summed E-state index contributed by atoms with van der Waals surface area (Å²) < 4.78 is 0. The minimum Gasteiger partial charge on any atom is -0.481 e. The predicted octanol–water partition coefficient (Wildman–Crippen LogP) is 1.87. The highest BCUT2D eigenvalue weighted by molar-refractivity contribution is 5.74. The molecule has 0 aliphatic rings. The molecule has 17 heavy (non-hydrogen) atoms. The van der Waals surface area contributed by atoms with E-state index in [1.165, 1.54) is 0 Å². The topological polar surface area (TPSA) is 75.1 Å². The Morgan fingerprint density at radius 1 is 1.47 bits per heavy atom. The minimum atomic E-state index is -0.827. The van der Waals surface area contributed by atoms with Crippen LogP contribution in [0.3, 0.4) is 0 Å². The second kappa shape index (κ2) is 5.12.